The first-order valence-electron chi connectivity index (χ1n) is 3.99. The molecule has 15 heavy (non-hydrogen) atoms. The summed E-state index contributed by atoms with van der Waals surface area (Å²) in [6.45, 7) is -0.559. The lowest BCUT2D eigenvalue weighted by molar-refractivity contribution is -0.144. The Balaban J connectivity index is 2.47. The van der Waals surface area contributed by atoms with E-state index in [0.717, 1.165) is 3.57 Å². The number of hydroxylamine groups is 1. The van der Waals surface area contributed by atoms with Crippen molar-refractivity contribution >= 4 is 34.5 Å². The van der Waals surface area contributed by atoms with E-state index >= 15 is 0 Å². The summed E-state index contributed by atoms with van der Waals surface area (Å²) >= 11 is 2.12. The number of benzene rings is 1. The molecule has 0 aliphatic rings. The Morgan fingerprint density at radius 3 is 2.47 bits per heavy atom. The zero-order chi connectivity index (χ0) is 11.3. The highest BCUT2D eigenvalue weighted by Gasteiger charge is 2.05. The second-order valence-corrected chi connectivity index (χ2v) is 3.87. The molecule has 0 fully saturated rings. The number of carboxylic acid groups (broad SMARTS) is 1. The molecule has 0 bridgehead atoms. The average Bonchev–Trinajstić information content (AvgIpc) is 2.18. The normalized spacial score (nSPS) is 9.67. The summed E-state index contributed by atoms with van der Waals surface area (Å²) in [6, 6.07) is 6.79. The molecule has 80 valence electrons. The minimum atomic E-state index is -1.14. The van der Waals surface area contributed by atoms with Crippen LogP contribution in [0.4, 0.5) is 0 Å². The Hall–Kier alpha value is -1.15. The molecule has 0 spiro atoms. The van der Waals surface area contributed by atoms with Gasteiger partial charge in [0.05, 0.1) is 0 Å². The van der Waals surface area contributed by atoms with Gasteiger partial charge in [-0.05, 0) is 46.9 Å². The maximum absolute atomic E-state index is 11.3. The third kappa shape index (κ3) is 4.26. The summed E-state index contributed by atoms with van der Waals surface area (Å²) < 4.78 is 1.01. The number of nitrogens with one attached hydrogen (secondary N) is 1. The van der Waals surface area contributed by atoms with Crippen LogP contribution in [-0.2, 0) is 9.63 Å². The minimum absolute atomic E-state index is 0.417. The molecule has 0 unspecified atom stereocenters. The Morgan fingerprint density at radius 1 is 1.33 bits per heavy atom. The molecule has 0 aromatic heterocycles. The fourth-order valence-corrected chi connectivity index (χ4v) is 1.18. The van der Waals surface area contributed by atoms with Crippen LogP contribution in [0.15, 0.2) is 24.3 Å². The maximum atomic E-state index is 11.3. The van der Waals surface area contributed by atoms with Crippen LogP contribution in [0.25, 0.3) is 0 Å². The minimum Gasteiger partial charge on any atom is -0.479 e. The number of halogens is 1. The number of aliphatic carboxylic acids is 1. The van der Waals surface area contributed by atoms with E-state index < -0.39 is 18.5 Å². The zero-order valence-corrected chi connectivity index (χ0v) is 9.72. The molecule has 2 N–H and O–H groups in total. The van der Waals surface area contributed by atoms with Crippen molar-refractivity contribution in [3.05, 3.63) is 33.4 Å². The van der Waals surface area contributed by atoms with Crippen LogP contribution in [-0.4, -0.2) is 23.6 Å². The van der Waals surface area contributed by atoms with Crippen molar-refractivity contribution in [1.82, 2.24) is 5.48 Å². The van der Waals surface area contributed by atoms with Gasteiger partial charge in [0.25, 0.3) is 5.91 Å². The van der Waals surface area contributed by atoms with Gasteiger partial charge >= 0.3 is 5.97 Å². The van der Waals surface area contributed by atoms with E-state index in [2.05, 4.69) is 27.4 Å². The molecule has 1 rings (SSSR count). The molecule has 0 saturated heterocycles. The molecule has 0 heterocycles. The van der Waals surface area contributed by atoms with Crippen molar-refractivity contribution in [3.8, 4) is 0 Å². The van der Waals surface area contributed by atoms with E-state index in [9.17, 15) is 9.59 Å². The number of hydrogen-bond donors (Lipinski definition) is 2. The predicted molar refractivity (Wildman–Crippen MR) is 60.2 cm³/mol. The predicted octanol–water partition coefficient (Wildman–Crippen LogP) is 1.04. The lowest BCUT2D eigenvalue weighted by Gasteiger charge is -2.03. The van der Waals surface area contributed by atoms with Crippen LogP contribution in [0.5, 0.6) is 0 Å². The van der Waals surface area contributed by atoms with Crippen LogP contribution in [0.2, 0.25) is 0 Å². The summed E-state index contributed by atoms with van der Waals surface area (Å²) in [5, 5.41) is 8.26. The largest absolute Gasteiger partial charge is 0.479 e. The van der Waals surface area contributed by atoms with Gasteiger partial charge < -0.3 is 5.11 Å². The summed E-state index contributed by atoms with van der Waals surface area (Å²) in [5.41, 5.74) is 2.44. The number of hydrogen-bond acceptors (Lipinski definition) is 3. The van der Waals surface area contributed by atoms with Crippen LogP contribution in [0.3, 0.4) is 0 Å². The molecule has 1 aromatic carbocycles. The van der Waals surface area contributed by atoms with E-state index in [0.29, 0.717) is 5.56 Å². The fraction of sp³-hybridized carbons (Fsp3) is 0.111. The Bertz CT molecular complexity index is 363. The van der Waals surface area contributed by atoms with Crippen LogP contribution in [0.1, 0.15) is 10.4 Å². The third-order valence-corrected chi connectivity index (χ3v) is 2.19. The van der Waals surface area contributed by atoms with Gasteiger partial charge in [0.1, 0.15) is 0 Å². The smallest absolute Gasteiger partial charge is 0.332 e. The van der Waals surface area contributed by atoms with Gasteiger partial charge in [0.15, 0.2) is 6.61 Å². The Kier molecular flexibility index (Phi) is 4.50. The van der Waals surface area contributed by atoms with Gasteiger partial charge in [0.2, 0.25) is 0 Å². The number of rotatable bonds is 4. The molecule has 6 heteroatoms. The van der Waals surface area contributed by atoms with Gasteiger partial charge in [-0.3, -0.25) is 9.63 Å². The highest BCUT2D eigenvalue weighted by Crippen LogP contribution is 2.06. The zero-order valence-electron chi connectivity index (χ0n) is 7.57. The quantitative estimate of drug-likeness (QED) is 0.642. The van der Waals surface area contributed by atoms with E-state index in [4.69, 9.17) is 5.11 Å². The SMILES string of the molecule is O=C(O)CONC(=O)c1ccc(I)cc1. The van der Waals surface area contributed by atoms with Crippen molar-refractivity contribution in [1.29, 1.82) is 0 Å². The first kappa shape index (κ1) is 11.9. The number of amides is 1. The number of carboxylic acids is 1. The molecular formula is C9H8INO4. The maximum Gasteiger partial charge on any atom is 0.332 e. The van der Waals surface area contributed by atoms with Crippen molar-refractivity contribution in [2.24, 2.45) is 0 Å². The fourth-order valence-electron chi connectivity index (χ4n) is 0.824. The van der Waals surface area contributed by atoms with Crippen molar-refractivity contribution in [2.75, 3.05) is 6.61 Å². The molecule has 0 radical (unpaired) electrons. The topological polar surface area (TPSA) is 75.6 Å². The number of carbonyl (C=O) groups is 2. The summed E-state index contributed by atoms with van der Waals surface area (Å²) in [5.74, 6) is -1.61. The van der Waals surface area contributed by atoms with Crippen LogP contribution < -0.4 is 5.48 Å². The first-order valence-corrected chi connectivity index (χ1v) is 5.07. The Labute approximate surface area is 99.5 Å². The molecular weight excluding hydrogens is 313 g/mol. The molecule has 0 atom stereocenters. The second kappa shape index (κ2) is 5.66. The molecule has 0 saturated carbocycles. The number of carbonyl (C=O) groups excluding carboxylic acids is 1. The van der Waals surface area contributed by atoms with E-state index in [1.807, 2.05) is 5.48 Å². The molecule has 5 nitrogen and oxygen atoms in total. The van der Waals surface area contributed by atoms with E-state index in [1.54, 1.807) is 24.3 Å². The first-order chi connectivity index (χ1) is 7.09. The highest BCUT2D eigenvalue weighted by atomic mass is 127. The van der Waals surface area contributed by atoms with Gasteiger partial charge in [-0.25, -0.2) is 10.3 Å². The van der Waals surface area contributed by atoms with Crippen LogP contribution >= 0.6 is 22.6 Å². The van der Waals surface area contributed by atoms with E-state index in [1.165, 1.54) is 0 Å². The average molecular weight is 321 g/mol. The van der Waals surface area contributed by atoms with Crippen molar-refractivity contribution in [3.63, 3.8) is 0 Å². The molecule has 0 aliphatic heterocycles. The Morgan fingerprint density at radius 2 is 1.93 bits per heavy atom. The molecule has 0 aliphatic carbocycles. The van der Waals surface area contributed by atoms with Gasteiger partial charge in [-0.1, -0.05) is 0 Å². The lowest BCUT2D eigenvalue weighted by atomic mass is 10.2. The van der Waals surface area contributed by atoms with Gasteiger partial charge in [0, 0.05) is 9.13 Å². The van der Waals surface area contributed by atoms with Gasteiger partial charge in [-0.2, -0.15) is 0 Å². The van der Waals surface area contributed by atoms with Crippen molar-refractivity contribution < 1.29 is 19.5 Å². The standard InChI is InChI=1S/C9H8INO4/c10-7-3-1-6(2-4-7)9(14)11-15-5-8(12)13/h1-4H,5H2,(H,11,14)(H,12,13). The monoisotopic (exact) mass is 321 g/mol. The molecule has 1 aromatic rings. The summed E-state index contributed by atoms with van der Waals surface area (Å²) in [4.78, 5) is 25.8. The van der Waals surface area contributed by atoms with Crippen molar-refractivity contribution in [2.45, 2.75) is 0 Å². The summed E-state index contributed by atoms with van der Waals surface area (Å²) in [7, 11) is 0. The molecule has 1 amide bonds. The van der Waals surface area contributed by atoms with E-state index in [-0.39, 0.29) is 0 Å². The lowest BCUT2D eigenvalue weighted by Crippen LogP contribution is -2.26. The second-order valence-electron chi connectivity index (χ2n) is 2.62. The van der Waals surface area contributed by atoms with Crippen LogP contribution in [0, 0.1) is 3.57 Å². The van der Waals surface area contributed by atoms with Gasteiger partial charge in [-0.15, -0.1) is 0 Å². The highest BCUT2D eigenvalue weighted by molar-refractivity contribution is 14.1. The third-order valence-electron chi connectivity index (χ3n) is 1.47. The summed E-state index contributed by atoms with van der Waals surface area (Å²) in [6.07, 6.45) is 0.